The van der Waals surface area contributed by atoms with Crippen LogP contribution in [0.5, 0.6) is 0 Å². The standard InChI is InChI=1S/C14H13F2N3O3S/c1-2-8-7-18-13(23-8)3-4-17-14(20)9-5-11(16)12(19(21)22)6-10(9)15/h5-7H,2-4H2,1H3,(H,17,20). The summed E-state index contributed by atoms with van der Waals surface area (Å²) < 4.78 is 27.2. The monoisotopic (exact) mass is 341 g/mol. The highest BCUT2D eigenvalue weighted by atomic mass is 32.1. The molecule has 1 amide bonds. The number of halogens is 2. The number of amides is 1. The van der Waals surface area contributed by atoms with Crippen molar-refractivity contribution in [3.05, 3.63) is 55.5 Å². The minimum absolute atomic E-state index is 0.202. The van der Waals surface area contributed by atoms with Gasteiger partial charge in [-0.3, -0.25) is 14.9 Å². The van der Waals surface area contributed by atoms with E-state index in [1.807, 2.05) is 6.92 Å². The van der Waals surface area contributed by atoms with E-state index in [-0.39, 0.29) is 6.54 Å². The Morgan fingerprint density at radius 2 is 2.13 bits per heavy atom. The second-order valence-corrected chi connectivity index (χ2v) is 5.82. The fourth-order valence-corrected chi connectivity index (χ4v) is 2.72. The van der Waals surface area contributed by atoms with Crippen LogP contribution in [0.15, 0.2) is 18.3 Å². The van der Waals surface area contributed by atoms with Gasteiger partial charge < -0.3 is 5.32 Å². The lowest BCUT2D eigenvalue weighted by Crippen LogP contribution is -2.26. The zero-order valence-electron chi connectivity index (χ0n) is 12.1. The van der Waals surface area contributed by atoms with E-state index in [1.54, 1.807) is 6.20 Å². The molecular formula is C14H13F2N3O3S. The number of nitro benzene ring substituents is 1. The van der Waals surface area contributed by atoms with Crippen LogP contribution in [0.2, 0.25) is 0 Å². The van der Waals surface area contributed by atoms with Gasteiger partial charge in [0.05, 0.1) is 21.6 Å². The van der Waals surface area contributed by atoms with Crippen LogP contribution in [-0.2, 0) is 12.8 Å². The first kappa shape index (κ1) is 16.9. The van der Waals surface area contributed by atoms with Crippen LogP contribution < -0.4 is 5.32 Å². The van der Waals surface area contributed by atoms with Gasteiger partial charge in [-0.2, -0.15) is 4.39 Å². The smallest absolute Gasteiger partial charge is 0.307 e. The van der Waals surface area contributed by atoms with Gasteiger partial charge in [-0.15, -0.1) is 11.3 Å². The second-order valence-electron chi connectivity index (χ2n) is 4.62. The lowest BCUT2D eigenvalue weighted by Gasteiger charge is -2.05. The molecule has 0 spiro atoms. The second kappa shape index (κ2) is 7.23. The number of benzene rings is 1. The van der Waals surface area contributed by atoms with Crippen molar-refractivity contribution in [2.45, 2.75) is 19.8 Å². The van der Waals surface area contributed by atoms with E-state index in [1.165, 1.54) is 11.3 Å². The molecule has 9 heteroatoms. The van der Waals surface area contributed by atoms with Gasteiger partial charge in [-0.05, 0) is 12.5 Å². The largest absolute Gasteiger partial charge is 0.352 e. The minimum Gasteiger partial charge on any atom is -0.352 e. The zero-order valence-corrected chi connectivity index (χ0v) is 13.0. The van der Waals surface area contributed by atoms with Crippen molar-refractivity contribution in [3.63, 3.8) is 0 Å². The molecule has 23 heavy (non-hydrogen) atoms. The van der Waals surface area contributed by atoms with Crippen LogP contribution >= 0.6 is 11.3 Å². The first-order valence-electron chi connectivity index (χ1n) is 6.77. The number of nitrogens with one attached hydrogen (secondary N) is 1. The van der Waals surface area contributed by atoms with Gasteiger partial charge >= 0.3 is 5.69 Å². The van der Waals surface area contributed by atoms with E-state index in [9.17, 15) is 23.7 Å². The average Bonchev–Trinajstić information content (AvgIpc) is 2.96. The van der Waals surface area contributed by atoms with Crippen LogP contribution in [0.25, 0.3) is 0 Å². The van der Waals surface area contributed by atoms with Gasteiger partial charge in [0.15, 0.2) is 0 Å². The minimum atomic E-state index is -1.26. The maximum atomic E-state index is 13.7. The summed E-state index contributed by atoms with van der Waals surface area (Å²) in [5.41, 5.74) is -1.57. The molecule has 0 aliphatic heterocycles. The Morgan fingerprint density at radius 1 is 1.39 bits per heavy atom. The number of nitrogens with zero attached hydrogens (tertiary/aromatic N) is 2. The van der Waals surface area contributed by atoms with Crippen LogP contribution in [0.1, 0.15) is 27.2 Å². The average molecular weight is 341 g/mol. The van der Waals surface area contributed by atoms with Gasteiger partial charge in [0.1, 0.15) is 5.82 Å². The van der Waals surface area contributed by atoms with Crippen LogP contribution in [0.3, 0.4) is 0 Å². The van der Waals surface area contributed by atoms with Crippen LogP contribution in [0.4, 0.5) is 14.5 Å². The zero-order chi connectivity index (χ0) is 17.0. The molecule has 1 aromatic heterocycles. The van der Waals surface area contributed by atoms with E-state index in [2.05, 4.69) is 10.3 Å². The summed E-state index contributed by atoms with van der Waals surface area (Å²) in [4.78, 5) is 26.6. The number of carbonyl (C=O) groups is 1. The van der Waals surface area contributed by atoms with E-state index in [0.29, 0.717) is 18.6 Å². The van der Waals surface area contributed by atoms with Crippen molar-refractivity contribution >= 4 is 22.9 Å². The SMILES string of the molecule is CCc1cnc(CCNC(=O)c2cc(F)c([N+](=O)[O-])cc2F)s1. The fourth-order valence-electron chi connectivity index (χ4n) is 1.86. The Hall–Kier alpha value is -2.42. The molecule has 0 radical (unpaired) electrons. The predicted molar refractivity (Wildman–Crippen MR) is 80.5 cm³/mol. The van der Waals surface area contributed by atoms with Crippen molar-refractivity contribution in [1.82, 2.24) is 10.3 Å². The normalized spacial score (nSPS) is 10.6. The number of carbonyl (C=O) groups excluding carboxylic acids is 1. The fraction of sp³-hybridized carbons (Fsp3) is 0.286. The number of hydrogen-bond donors (Lipinski definition) is 1. The topological polar surface area (TPSA) is 85.1 Å². The van der Waals surface area contributed by atoms with Gasteiger partial charge in [0.2, 0.25) is 5.82 Å². The third kappa shape index (κ3) is 4.07. The van der Waals surface area contributed by atoms with Crippen LogP contribution in [-0.4, -0.2) is 22.4 Å². The highest BCUT2D eigenvalue weighted by molar-refractivity contribution is 7.11. The molecule has 0 aliphatic rings. The highest BCUT2D eigenvalue weighted by Gasteiger charge is 2.21. The van der Waals surface area contributed by atoms with Gasteiger partial charge in [0, 0.05) is 24.0 Å². The Morgan fingerprint density at radius 3 is 2.74 bits per heavy atom. The van der Waals surface area contributed by atoms with Crippen molar-refractivity contribution in [1.29, 1.82) is 0 Å². The number of hydrogen-bond acceptors (Lipinski definition) is 5. The molecule has 1 heterocycles. The van der Waals surface area contributed by atoms with Gasteiger partial charge in [-0.25, -0.2) is 9.37 Å². The molecular weight excluding hydrogens is 328 g/mol. The van der Waals surface area contributed by atoms with Gasteiger partial charge in [0.25, 0.3) is 5.91 Å². The molecule has 0 saturated carbocycles. The Bertz CT molecular complexity index is 749. The molecule has 0 atom stereocenters. The number of aromatic nitrogens is 1. The molecule has 0 unspecified atom stereocenters. The lowest BCUT2D eigenvalue weighted by atomic mass is 10.1. The molecule has 2 aromatic rings. The van der Waals surface area contributed by atoms with E-state index in [0.717, 1.165) is 16.3 Å². The summed E-state index contributed by atoms with van der Waals surface area (Å²) in [7, 11) is 0. The quantitative estimate of drug-likeness (QED) is 0.647. The van der Waals surface area contributed by atoms with Gasteiger partial charge in [-0.1, -0.05) is 6.92 Å². The molecule has 0 aliphatic carbocycles. The molecule has 0 bridgehead atoms. The summed E-state index contributed by atoms with van der Waals surface area (Å²) in [6.07, 6.45) is 3.10. The summed E-state index contributed by atoms with van der Waals surface area (Å²) in [5, 5.41) is 13.8. The molecule has 0 fully saturated rings. The lowest BCUT2D eigenvalue weighted by molar-refractivity contribution is -0.387. The number of rotatable bonds is 6. The summed E-state index contributed by atoms with van der Waals surface area (Å²) in [5.74, 6) is -3.23. The molecule has 0 saturated heterocycles. The maximum Gasteiger partial charge on any atom is 0.307 e. The summed E-state index contributed by atoms with van der Waals surface area (Å²) in [6.45, 7) is 2.21. The number of nitro groups is 1. The third-order valence-corrected chi connectivity index (χ3v) is 4.25. The summed E-state index contributed by atoms with van der Waals surface area (Å²) in [6, 6.07) is 0.931. The third-order valence-electron chi connectivity index (χ3n) is 3.05. The molecule has 2 rings (SSSR count). The van der Waals surface area contributed by atoms with E-state index >= 15 is 0 Å². The van der Waals surface area contributed by atoms with Crippen molar-refractivity contribution < 1.29 is 18.5 Å². The number of thiazole rings is 1. The van der Waals surface area contributed by atoms with E-state index in [4.69, 9.17) is 0 Å². The summed E-state index contributed by atoms with van der Waals surface area (Å²) >= 11 is 1.52. The first-order chi connectivity index (χ1) is 10.9. The van der Waals surface area contributed by atoms with Crippen molar-refractivity contribution in [2.24, 2.45) is 0 Å². The Labute approximate surface area is 134 Å². The predicted octanol–water partition coefficient (Wildman–Crippen LogP) is 2.86. The maximum absolute atomic E-state index is 13.7. The highest BCUT2D eigenvalue weighted by Crippen LogP contribution is 2.21. The molecule has 6 nitrogen and oxygen atoms in total. The van der Waals surface area contributed by atoms with Crippen LogP contribution in [0, 0.1) is 21.7 Å². The molecule has 1 N–H and O–H groups in total. The first-order valence-corrected chi connectivity index (χ1v) is 7.59. The Kier molecular flexibility index (Phi) is 5.32. The number of aryl methyl sites for hydroxylation is 1. The van der Waals surface area contributed by atoms with Crippen molar-refractivity contribution in [3.8, 4) is 0 Å². The Balaban J connectivity index is 2.00. The molecule has 122 valence electrons. The van der Waals surface area contributed by atoms with E-state index < -0.39 is 33.7 Å². The molecule has 1 aromatic carbocycles. The van der Waals surface area contributed by atoms with Crippen molar-refractivity contribution in [2.75, 3.05) is 6.54 Å².